The first-order valence-corrected chi connectivity index (χ1v) is 9.67. The molecule has 2 amide bonds. The number of hydrogen-bond donors (Lipinski definition) is 2. The molecule has 0 spiro atoms. The van der Waals surface area contributed by atoms with E-state index in [1.807, 2.05) is 24.3 Å². The van der Waals surface area contributed by atoms with Crippen molar-refractivity contribution in [1.29, 1.82) is 0 Å². The second kappa shape index (κ2) is 8.90. The van der Waals surface area contributed by atoms with Crippen LogP contribution in [0.2, 0.25) is 0 Å². The molecule has 0 aromatic heterocycles. The molecule has 8 heteroatoms. The van der Waals surface area contributed by atoms with Gasteiger partial charge in [-0.15, -0.1) is 0 Å². The zero-order valence-electron chi connectivity index (χ0n) is 15.0. The van der Waals surface area contributed by atoms with Gasteiger partial charge >= 0.3 is 0 Å². The number of methoxy groups -OCH3 is 1. The van der Waals surface area contributed by atoms with Gasteiger partial charge in [0, 0.05) is 24.2 Å². The molecule has 0 atom stereocenters. The fourth-order valence-corrected chi connectivity index (χ4v) is 3.90. The number of phenolic OH excluding ortho intramolecular Hbond substituents is 1. The summed E-state index contributed by atoms with van der Waals surface area (Å²) >= 11 is 6.51. The lowest BCUT2D eigenvalue weighted by molar-refractivity contribution is -0.122. The Morgan fingerprint density at radius 1 is 1.25 bits per heavy atom. The minimum atomic E-state index is -0.242. The second-order valence-corrected chi connectivity index (χ2v) is 7.60. The van der Waals surface area contributed by atoms with E-state index in [0.29, 0.717) is 20.7 Å². The van der Waals surface area contributed by atoms with Crippen molar-refractivity contribution in [2.45, 2.75) is 6.42 Å². The van der Waals surface area contributed by atoms with E-state index in [0.717, 1.165) is 5.56 Å². The topological polar surface area (TPSA) is 78.9 Å². The molecule has 2 aromatic carbocycles. The molecule has 1 saturated heterocycles. The maximum absolute atomic E-state index is 12.7. The van der Waals surface area contributed by atoms with Crippen molar-refractivity contribution in [1.82, 2.24) is 4.90 Å². The molecule has 2 N–H and O–H groups in total. The van der Waals surface area contributed by atoms with Gasteiger partial charge in [-0.1, -0.05) is 42.2 Å². The van der Waals surface area contributed by atoms with E-state index in [2.05, 4.69) is 5.32 Å². The van der Waals surface area contributed by atoms with E-state index in [1.165, 1.54) is 28.8 Å². The average Bonchev–Trinajstić information content (AvgIpc) is 2.95. The number of rotatable bonds is 6. The van der Waals surface area contributed by atoms with Gasteiger partial charge in [0.15, 0.2) is 0 Å². The Kier molecular flexibility index (Phi) is 6.33. The van der Waals surface area contributed by atoms with Crippen molar-refractivity contribution in [3.8, 4) is 11.5 Å². The predicted molar refractivity (Wildman–Crippen MR) is 114 cm³/mol. The number of nitrogens with zero attached hydrogens (tertiary/aromatic N) is 1. The fourth-order valence-electron chi connectivity index (χ4n) is 2.60. The highest BCUT2D eigenvalue weighted by Crippen LogP contribution is 2.34. The van der Waals surface area contributed by atoms with E-state index in [-0.39, 0.29) is 30.5 Å². The van der Waals surface area contributed by atoms with Gasteiger partial charge in [-0.3, -0.25) is 14.5 Å². The van der Waals surface area contributed by atoms with Gasteiger partial charge in [-0.05, 0) is 36.4 Å². The van der Waals surface area contributed by atoms with Gasteiger partial charge in [0.2, 0.25) is 5.91 Å². The van der Waals surface area contributed by atoms with Crippen LogP contribution in [0.15, 0.2) is 53.4 Å². The molecular weight excluding hydrogens is 396 g/mol. The van der Waals surface area contributed by atoms with Gasteiger partial charge in [0.25, 0.3) is 5.91 Å². The lowest BCUT2D eigenvalue weighted by Crippen LogP contribution is -2.31. The maximum atomic E-state index is 12.7. The lowest BCUT2D eigenvalue weighted by atomic mass is 10.2. The Balaban J connectivity index is 1.63. The molecule has 0 saturated carbocycles. The first-order chi connectivity index (χ1) is 13.5. The van der Waals surface area contributed by atoms with Crippen LogP contribution in [0.25, 0.3) is 6.08 Å². The van der Waals surface area contributed by atoms with Gasteiger partial charge in [0.05, 0.1) is 12.0 Å². The van der Waals surface area contributed by atoms with E-state index in [4.69, 9.17) is 17.0 Å². The fraction of sp³-hybridized carbons (Fsp3) is 0.150. The van der Waals surface area contributed by atoms with E-state index >= 15 is 0 Å². The Morgan fingerprint density at radius 3 is 2.68 bits per heavy atom. The second-order valence-electron chi connectivity index (χ2n) is 5.92. The molecule has 28 heavy (non-hydrogen) atoms. The number of phenols is 1. The zero-order valence-corrected chi connectivity index (χ0v) is 16.7. The summed E-state index contributed by atoms with van der Waals surface area (Å²) in [6.07, 6.45) is 1.85. The molecule has 6 nitrogen and oxygen atoms in total. The minimum Gasteiger partial charge on any atom is -0.508 e. The molecule has 1 aliphatic rings. The molecule has 2 aromatic rings. The van der Waals surface area contributed by atoms with Gasteiger partial charge < -0.3 is 15.2 Å². The molecule has 1 heterocycles. The zero-order chi connectivity index (χ0) is 20.1. The number of thioether (sulfide) groups is 1. The van der Waals surface area contributed by atoms with Crippen molar-refractivity contribution < 1.29 is 19.4 Å². The van der Waals surface area contributed by atoms with Crippen LogP contribution in [-0.4, -0.2) is 39.8 Å². The number of nitrogens with one attached hydrogen (secondary N) is 1. The van der Waals surface area contributed by atoms with Gasteiger partial charge in [0.1, 0.15) is 15.8 Å². The summed E-state index contributed by atoms with van der Waals surface area (Å²) in [5, 5.41) is 12.0. The Hall–Kier alpha value is -2.84. The number of aromatic hydroxyl groups is 1. The molecule has 0 aliphatic carbocycles. The molecule has 1 fully saturated rings. The summed E-state index contributed by atoms with van der Waals surface area (Å²) in [7, 11) is 1.57. The van der Waals surface area contributed by atoms with E-state index in [1.54, 1.807) is 25.3 Å². The third-order valence-electron chi connectivity index (χ3n) is 4.01. The normalized spacial score (nSPS) is 15.2. The van der Waals surface area contributed by atoms with Gasteiger partial charge in [-0.25, -0.2) is 0 Å². The maximum Gasteiger partial charge on any atom is 0.266 e. The van der Waals surface area contributed by atoms with Crippen LogP contribution in [0.1, 0.15) is 12.0 Å². The summed E-state index contributed by atoms with van der Waals surface area (Å²) in [4.78, 5) is 26.7. The van der Waals surface area contributed by atoms with Crippen molar-refractivity contribution >= 4 is 51.9 Å². The first-order valence-electron chi connectivity index (χ1n) is 8.45. The Labute approximate surface area is 172 Å². The number of benzene rings is 2. The van der Waals surface area contributed by atoms with Gasteiger partial charge in [-0.2, -0.15) is 0 Å². The smallest absolute Gasteiger partial charge is 0.266 e. The highest BCUT2D eigenvalue weighted by Gasteiger charge is 2.32. The van der Waals surface area contributed by atoms with Crippen molar-refractivity contribution in [2.24, 2.45) is 0 Å². The van der Waals surface area contributed by atoms with Crippen LogP contribution in [0.3, 0.4) is 0 Å². The number of carbonyl (C=O) groups excluding carboxylic acids is 2. The van der Waals surface area contributed by atoms with Crippen molar-refractivity contribution in [2.75, 3.05) is 19.0 Å². The standard InChI is InChI=1S/C20H18N2O4S2/c1-26-16-5-3-2-4-13(16)12-17-19(25)22(20(27)28-17)11-10-18(24)21-14-6-8-15(23)9-7-14/h2-9,12,23H,10-11H2,1H3,(H,21,24)/b17-12+. The summed E-state index contributed by atoms with van der Waals surface area (Å²) < 4.78 is 5.73. The van der Waals surface area contributed by atoms with E-state index in [9.17, 15) is 14.7 Å². The number of thiocarbonyl (C=S) groups is 1. The number of para-hydroxylation sites is 1. The molecule has 0 bridgehead atoms. The quantitative estimate of drug-likeness (QED) is 0.427. The number of hydrogen-bond acceptors (Lipinski definition) is 6. The monoisotopic (exact) mass is 414 g/mol. The Bertz CT molecular complexity index is 941. The predicted octanol–water partition coefficient (Wildman–Crippen LogP) is 3.63. The minimum absolute atomic E-state index is 0.106. The number of carbonyl (C=O) groups is 2. The third kappa shape index (κ3) is 4.71. The van der Waals surface area contributed by atoms with Crippen LogP contribution in [0.5, 0.6) is 11.5 Å². The molecule has 0 radical (unpaired) electrons. The molecule has 144 valence electrons. The average molecular weight is 415 g/mol. The van der Waals surface area contributed by atoms with E-state index < -0.39 is 0 Å². The number of ether oxygens (including phenoxy) is 1. The number of amides is 2. The third-order valence-corrected chi connectivity index (χ3v) is 5.39. The van der Waals surface area contributed by atoms with Crippen LogP contribution in [0, 0.1) is 0 Å². The lowest BCUT2D eigenvalue weighted by Gasteiger charge is -2.14. The van der Waals surface area contributed by atoms with Crippen LogP contribution < -0.4 is 10.1 Å². The highest BCUT2D eigenvalue weighted by molar-refractivity contribution is 8.26. The first kappa shape index (κ1) is 19.9. The summed E-state index contributed by atoms with van der Waals surface area (Å²) in [5.74, 6) is 0.324. The highest BCUT2D eigenvalue weighted by atomic mass is 32.2. The summed E-state index contributed by atoms with van der Waals surface area (Å²) in [5.41, 5.74) is 1.36. The van der Waals surface area contributed by atoms with Crippen molar-refractivity contribution in [3.05, 3.63) is 59.0 Å². The number of anilines is 1. The molecule has 3 rings (SSSR count). The summed E-state index contributed by atoms with van der Waals surface area (Å²) in [6, 6.07) is 13.6. The van der Waals surface area contributed by atoms with Crippen LogP contribution in [0.4, 0.5) is 5.69 Å². The Morgan fingerprint density at radius 2 is 1.96 bits per heavy atom. The molecular formula is C20H18N2O4S2. The largest absolute Gasteiger partial charge is 0.508 e. The van der Waals surface area contributed by atoms with Crippen molar-refractivity contribution in [3.63, 3.8) is 0 Å². The van der Waals surface area contributed by atoms with Crippen LogP contribution in [-0.2, 0) is 9.59 Å². The SMILES string of the molecule is COc1ccccc1/C=C1/SC(=S)N(CCC(=O)Nc2ccc(O)cc2)C1=O. The molecule has 1 aliphatic heterocycles. The van der Waals surface area contributed by atoms with Crippen LogP contribution >= 0.6 is 24.0 Å². The molecule has 0 unspecified atom stereocenters. The summed E-state index contributed by atoms with van der Waals surface area (Å²) in [6.45, 7) is 0.192.